The van der Waals surface area contributed by atoms with Gasteiger partial charge in [-0.3, -0.25) is 0 Å². The predicted molar refractivity (Wildman–Crippen MR) is 341 cm³/mol. The summed E-state index contributed by atoms with van der Waals surface area (Å²) in [6.45, 7) is 9.30. The Labute approximate surface area is 470 Å². The Kier molecular flexibility index (Phi) is 27.4. The summed E-state index contributed by atoms with van der Waals surface area (Å²) in [6, 6.07) is 15.4. The normalized spacial score (nSPS) is 12.5. The molecule has 0 aliphatic heterocycles. The van der Waals surface area contributed by atoms with Crippen LogP contribution in [0, 0.1) is 0 Å². The summed E-state index contributed by atoms with van der Waals surface area (Å²) in [4.78, 5) is 21.3. The van der Waals surface area contributed by atoms with Gasteiger partial charge >= 0.3 is 345 Å². The van der Waals surface area contributed by atoms with Crippen LogP contribution in [0.5, 0.6) is 0 Å². The zero-order valence-corrected chi connectivity index (χ0v) is 56.9. The molecule has 0 saturated heterocycles. The number of thiophene rings is 2. The van der Waals surface area contributed by atoms with Crippen molar-refractivity contribution in [2.75, 3.05) is 0 Å². The monoisotopic (exact) mass is 1260 g/mol. The van der Waals surface area contributed by atoms with E-state index in [1.54, 1.807) is 20.9 Å². The number of hydrogen-bond acceptors (Lipinski definition) is 4. The molecule has 0 saturated carbocycles. The average Bonchev–Trinajstić information content (AvgIpc) is 4.20. The van der Waals surface area contributed by atoms with E-state index in [0.717, 1.165) is 11.2 Å². The number of benzene rings is 2. The maximum atomic E-state index is 7.33. The van der Waals surface area contributed by atoms with Gasteiger partial charge < -0.3 is 0 Å². The van der Waals surface area contributed by atoms with Crippen LogP contribution in [0.2, 0.25) is 29.6 Å². The second-order valence-electron chi connectivity index (χ2n) is 25.2. The minimum absolute atomic E-state index is 1.09. The quantitative estimate of drug-likeness (QED) is 0.0283. The number of aryl methyl sites for hydroxylation is 4. The van der Waals surface area contributed by atoms with Crippen LogP contribution in [0.4, 0.5) is 0 Å². The van der Waals surface area contributed by atoms with Gasteiger partial charge in [-0.25, -0.2) is 0 Å². The Bertz CT molecular complexity index is 2270. The summed E-state index contributed by atoms with van der Waals surface area (Å²) in [6.07, 6.45) is 48.7. The number of unbranched alkanes of at least 4 members (excludes halogenated alkanes) is 28. The van der Waals surface area contributed by atoms with Crippen molar-refractivity contribution in [3.05, 3.63) is 57.3 Å². The first-order valence-electron chi connectivity index (χ1n) is 31.6. The molecular formula is C68H108O2S2Sn2. The van der Waals surface area contributed by atoms with Crippen molar-refractivity contribution < 1.29 is 8.83 Å². The summed E-state index contributed by atoms with van der Waals surface area (Å²) in [5.41, 5.74) is 8.16. The van der Waals surface area contributed by atoms with Gasteiger partial charge in [0.25, 0.3) is 0 Å². The van der Waals surface area contributed by atoms with Crippen molar-refractivity contribution in [2.24, 2.45) is 0 Å². The second kappa shape index (κ2) is 32.8. The van der Waals surface area contributed by atoms with Gasteiger partial charge in [-0.05, 0) is 0 Å². The molecule has 4 aromatic heterocycles. The van der Waals surface area contributed by atoms with Gasteiger partial charge in [0.2, 0.25) is 0 Å². The SMILES string of the molecule is CCCCCCCCCCc1cc(-c2cc3c(cc(-c4cc(CCCCCCCCCC)c(CCCCCCCCCC)s4)c4c[c]([Sn]([CH3])([CH3])[CH3])oc43)c3o[c]([Sn]([CH3])([CH3])[CH3])cc23)sc1CCCCCCCCCC. The molecule has 74 heavy (non-hydrogen) atoms. The molecular weight excluding hydrogens is 1150 g/mol. The van der Waals surface area contributed by atoms with Crippen molar-refractivity contribution in [3.63, 3.8) is 0 Å². The molecule has 0 N–H and O–H groups in total. The fourth-order valence-corrected chi connectivity index (χ4v) is 19.7. The summed E-state index contributed by atoms with van der Waals surface area (Å²) in [7, 11) is 0. The van der Waals surface area contributed by atoms with E-state index in [1.807, 2.05) is 0 Å². The van der Waals surface area contributed by atoms with Crippen molar-refractivity contribution in [2.45, 2.75) is 288 Å². The van der Waals surface area contributed by atoms with Gasteiger partial charge in [-0.15, -0.1) is 0 Å². The molecule has 2 aromatic carbocycles. The Hall–Kier alpha value is -1.22. The zero-order chi connectivity index (χ0) is 52.8. The fourth-order valence-electron chi connectivity index (χ4n) is 11.5. The van der Waals surface area contributed by atoms with Crippen molar-refractivity contribution >= 4 is 99.7 Å². The third-order valence-corrected chi connectivity index (χ3v) is 28.7. The summed E-state index contributed by atoms with van der Waals surface area (Å²) in [5, 5.41) is 5.13. The molecule has 0 bridgehead atoms. The van der Waals surface area contributed by atoms with Crippen LogP contribution in [0.15, 0.2) is 45.2 Å². The molecule has 0 unspecified atom stereocenters. The molecule has 4 heterocycles. The smallest absolute Gasteiger partial charge is 0.0654 e. The fraction of sp³-hybridized carbons (Fsp3) is 0.676. The van der Waals surface area contributed by atoms with Crippen LogP contribution in [0.1, 0.15) is 254 Å². The van der Waals surface area contributed by atoms with Crippen LogP contribution in [0.25, 0.3) is 53.6 Å². The van der Waals surface area contributed by atoms with E-state index < -0.39 is 36.8 Å². The first kappa shape index (κ1) is 62.0. The van der Waals surface area contributed by atoms with E-state index in [-0.39, 0.29) is 0 Å². The predicted octanol–water partition coefficient (Wildman–Crippen LogP) is 23.6. The van der Waals surface area contributed by atoms with Gasteiger partial charge in [0.1, 0.15) is 0 Å². The third kappa shape index (κ3) is 19.0. The minimum atomic E-state index is -2.65. The van der Waals surface area contributed by atoms with Crippen LogP contribution >= 0.6 is 22.7 Å². The molecule has 6 heteroatoms. The Morgan fingerprint density at radius 1 is 0.311 bits per heavy atom. The molecule has 0 spiro atoms. The van der Waals surface area contributed by atoms with Crippen LogP contribution in [-0.4, -0.2) is 36.8 Å². The molecule has 2 nitrogen and oxygen atoms in total. The standard InChI is InChI=1S/C62H90O2S2.6CH3.2Sn/c1-5-9-13-17-21-25-29-33-37-49-45-59(65-57(49)39-35-31-27-23-19-15-11-7-3)53-47-55-56(61-51(53)41-43-63-61)48-54(52-42-44-64-62(52)55)60-46-50(38-34-30-26-22-18-14-10-6-2)58(66-60)40-36-32-28-24-20-16-12-8-4;;;;;;;;/h41-42,45-48H,5-40H2,1-4H3;6*1H3;;. The molecule has 0 fully saturated rings. The molecule has 0 aliphatic carbocycles. The molecule has 0 amide bonds. The summed E-state index contributed by atoms with van der Waals surface area (Å²) < 4.78 is 17.2. The van der Waals surface area contributed by atoms with Crippen molar-refractivity contribution in [1.82, 2.24) is 0 Å². The maximum absolute atomic E-state index is 7.33. The van der Waals surface area contributed by atoms with E-state index >= 15 is 0 Å². The second-order valence-corrected chi connectivity index (χ2v) is 55.9. The first-order valence-corrected chi connectivity index (χ1v) is 53.2. The number of hydrogen-bond donors (Lipinski definition) is 0. The van der Waals surface area contributed by atoms with Crippen molar-refractivity contribution in [1.29, 1.82) is 0 Å². The summed E-state index contributed by atoms with van der Waals surface area (Å²) >= 11 is -1.09. The van der Waals surface area contributed by atoms with E-state index in [9.17, 15) is 0 Å². The Morgan fingerprint density at radius 3 is 0.865 bits per heavy atom. The van der Waals surface area contributed by atoms with E-state index in [4.69, 9.17) is 8.83 Å². The average molecular weight is 1260 g/mol. The zero-order valence-electron chi connectivity index (χ0n) is 49.6. The summed E-state index contributed by atoms with van der Waals surface area (Å²) in [5.74, 6) is 0. The van der Waals surface area contributed by atoms with Gasteiger partial charge in [0.05, 0.1) is 0 Å². The molecule has 6 rings (SSSR count). The third-order valence-electron chi connectivity index (χ3n) is 16.3. The number of furan rings is 2. The topological polar surface area (TPSA) is 26.3 Å². The van der Waals surface area contributed by atoms with Gasteiger partial charge in [-0.2, -0.15) is 0 Å². The van der Waals surface area contributed by atoms with Crippen LogP contribution < -0.4 is 7.55 Å². The molecule has 0 atom stereocenters. The van der Waals surface area contributed by atoms with Gasteiger partial charge in [0, 0.05) is 0 Å². The number of rotatable bonds is 40. The van der Waals surface area contributed by atoms with E-state index in [1.165, 1.54) is 281 Å². The molecule has 412 valence electrons. The Morgan fingerprint density at radius 2 is 0.581 bits per heavy atom. The molecule has 6 aromatic rings. The first-order chi connectivity index (χ1) is 35.9. The van der Waals surface area contributed by atoms with Crippen molar-refractivity contribution in [3.8, 4) is 20.9 Å². The van der Waals surface area contributed by atoms with E-state index in [2.05, 4.69) is 116 Å². The minimum Gasteiger partial charge on any atom is -0.0654 e. The van der Waals surface area contributed by atoms with Crippen LogP contribution in [-0.2, 0) is 25.7 Å². The van der Waals surface area contributed by atoms with Crippen LogP contribution in [0.3, 0.4) is 0 Å². The van der Waals surface area contributed by atoms with E-state index in [0.29, 0.717) is 0 Å². The Balaban J connectivity index is 1.40. The van der Waals surface area contributed by atoms with Gasteiger partial charge in [0.15, 0.2) is 0 Å². The number of fused-ring (bicyclic) bond motifs is 5. The van der Waals surface area contributed by atoms with Gasteiger partial charge in [-0.1, -0.05) is 130 Å². The molecule has 0 radical (unpaired) electrons. The molecule has 0 aliphatic rings.